The van der Waals surface area contributed by atoms with Gasteiger partial charge in [0.2, 0.25) is 0 Å². The van der Waals surface area contributed by atoms with E-state index in [1.165, 1.54) is 0 Å². The molecule has 0 aliphatic carbocycles. The van der Waals surface area contributed by atoms with Gasteiger partial charge in [0, 0.05) is 0 Å². The summed E-state index contributed by atoms with van der Waals surface area (Å²) >= 11 is 0. The van der Waals surface area contributed by atoms with E-state index in [1.807, 2.05) is 6.92 Å². The van der Waals surface area contributed by atoms with Crippen LogP contribution in [0.5, 0.6) is 0 Å². The second kappa shape index (κ2) is 5.39. The van der Waals surface area contributed by atoms with E-state index in [0.29, 0.717) is 0 Å². The number of hydrogen-bond acceptors (Lipinski definition) is 1. The Labute approximate surface area is 94.3 Å². The minimum Gasteiger partial charge on any atom is -0.850 e. The maximum absolute atomic E-state index is 10.7. The van der Waals surface area contributed by atoms with Gasteiger partial charge in [-0.25, -0.2) is 0 Å². The van der Waals surface area contributed by atoms with Crippen molar-refractivity contribution >= 4 is 0 Å². The summed E-state index contributed by atoms with van der Waals surface area (Å²) < 4.78 is 0. The molecule has 0 atom stereocenters. The average molecular weight is 140 g/mol. The van der Waals surface area contributed by atoms with Crippen molar-refractivity contribution in [3.63, 3.8) is 0 Å². The molecule has 0 aromatic heterocycles. The molecule has 0 heterocycles. The number of hydrogen-bond donors (Lipinski definition) is 0. The molecule has 44 valence electrons. The zero-order valence-corrected chi connectivity index (χ0v) is 9.45. The molecule has 0 bridgehead atoms. The van der Waals surface area contributed by atoms with Gasteiger partial charge in [-0.3, -0.25) is 0 Å². The maximum Gasteiger partial charge on any atom is 1.00 e. The predicted octanol–water partition coefficient (Wildman–Crippen LogP) is -2.07. The Morgan fingerprint density at radius 2 is 1.75 bits per heavy atom. The van der Waals surface area contributed by atoms with Crippen LogP contribution in [0.1, 0.15) is 33.6 Å². The molecule has 0 rings (SSSR count). The van der Waals surface area contributed by atoms with Gasteiger partial charge in [0.15, 0.2) is 0 Å². The van der Waals surface area contributed by atoms with Gasteiger partial charge in [-0.15, -0.1) is 5.60 Å². The Kier molecular flexibility index (Phi) is 8.27. The smallest absolute Gasteiger partial charge is 0.850 e. The van der Waals surface area contributed by atoms with Crippen LogP contribution in [-0.2, 0) is 0 Å². The van der Waals surface area contributed by atoms with E-state index in [-0.39, 0.29) is 51.4 Å². The SMILES string of the molecule is CCCC(C)(C)[O-].[K+]. The van der Waals surface area contributed by atoms with Crippen molar-refractivity contribution in [1.82, 2.24) is 0 Å². The standard InChI is InChI=1S/C6H13O.K/c1-4-5-6(2,3)7;/h4-5H2,1-3H3;/q-1;+1. The first-order valence-electron chi connectivity index (χ1n) is 2.76. The van der Waals surface area contributed by atoms with Crippen LogP contribution in [0.3, 0.4) is 0 Å². The summed E-state index contributed by atoms with van der Waals surface area (Å²) in [6, 6.07) is 0. The Bertz CT molecular complexity index is 47.0. The molecule has 0 saturated carbocycles. The topological polar surface area (TPSA) is 23.1 Å². The molecule has 0 aromatic rings. The third kappa shape index (κ3) is 10.6. The quantitative estimate of drug-likeness (QED) is 0.404. The molecule has 0 fully saturated rings. The molecule has 2 heteroatoms. The first-order valence-corrected chi connectivity index (χ1v) is 2.76. The van der Waals surface area contributed by atoms with E-state index in [9.17, 15) is 5.11 Å². The summed E-state index contributed by atoms with van der Waals surface area (Å²) in [6.45, 7) is 5.46. The minimum atomic E-state index is -0.700. The van der Waals surface area contributed by atoms with Gasteiger partial charge in [0.25, 0.3) is 0 Å². The fraction of sp³-hybridized carbons (Fsp3) is 1.00. The molecule has 1 nitrogen and oxygen atoms in total. The van der Waals surface area contributed by atoms with Crippen LogP contribution in [-0.4, -0.2) is 5.60 Å². The second-order valence-electron chi connectivity index (χ2n) is 2.51. The van der Waals surface area contributed by atoms with Gasteiger partial charge in [-0.05, 0) is 0 Å². The van der Waals surface area contributed by atoms with Crippen LogP contribution >= 0.6 is 0 Å². The zero-order chi connectivity index (χ0) is 5.91. The van der Waals surface area contributed by atoms with Gasteiger partial charge in [-0.1, -0.05) is 33.6 Å². The summed E-state index contributed by atoms with van der Waals surface area (Å²) in [6.07, 6.45) is 1.78. The summed E-state index contributed by atoms with van der Waals surface area (Å²) in [5.74, 6) is 0. The Morgan fingerprint density at radius 1 is 1.38 bits per heavy atom. The zero-order valence-electron chi connectivity index (χ0n) is 6.32. The third-order valence-electron chi connectivity index (χ3n) is 0.852. The Morgan fingerprint density at radius 3 is 1.75 bits per heavy atom. The third-order valence-corrected chi connectivity index (χ3v) is 0.852. The molecule has 0 aliphatic rings. The van der Waals surface area contributed by atoms with Crippen LogP contribution in [0.15, 0.2) is 0 Å². The van der Waals surface area contributed by atoms with Crippen molar-refractivity contribution in [2.75, 3.05) is 0 Å². The average Bonchev–Trinajstić information content (AvgIpc) is 1.30. The fourth-order valence-electron chi connectivity index (χ4n) is 0.602. The molecule has 0 N–H and O–H groups in total. The molecule has 8 heavy (non-hydrogen) atoms. The predicted molar refractivity (Wildman–Crippen MR) is 29.0 cm³/mol. The molecular formula is C6H13KO. The van der Waals surface area contributed by atoms with Crippen molar-refractivity contribution in [3.05, 3.63) is 0 Å². The summed E-state index contributed by atoms with van der Waals surface area (Å²) in [5.41, 5.74) is -0.700. The van der Waals surface area contributed by atoms with E-state index in [1.54, 1.807) is 13.8 Å². The van der Waals surface area contributed by atoms with Crippen LogP contribution in [0, 0.1) is 0 Å². The van der Waals surface area contributed by atoms with Crippen molar-refractivity contribution in [2.45, 2.75) is 39.2 Å². The first-order chi connectivity index (χ1) is 3.06. The molecule has 0 saturated heterocycles. The Balaban J connectivity index is 0. The fourth-order valence-corrected chi connectivity index (χ4v) is 0.602. The monoisotopic (exact) mass is 140 g/mol. The second-order valence-corrected chi connectivity index (χ2v) is 2.51. The molecule has 0 amide bonds. The largest absolute Gasteiger partial charge is 1.00 e. The maximum atomic E-state index is 10.7. The molecule has 0 aliphatic heterocycles. The van der Waals surface area contributed by atoms with Crippen LogP contribution in [0.25, 0.3) is 0 Å². The summed E-state index contributed by atoms with van der Waals surface area (Å²) in [5, 5.41) is 10.7. The van der Waals surface area contributed by atoms with E-state index < -0.39 is 5.60 Å². The van der Waals surface area contributed by atoms with Crippen molar-refractivity contribution in [3.8, 4) is 0 Å². The van der Waals surface area contributed by atoms with Gasteiger partial charge in [0.1, 0.15) is 0 Å². The molecule has 0 spiro atoms. The van der Waals surface area contributed by atoms with E-state index in [0.717, 1.165) is 12.8 Å². The Hall–Kier alpha value is 1.60. The van der Waals surface area contributed by atoms with Crippen molar-refractivity contribution in [1.29, 1.82) is 0 Å². The molecule has 0 unspecified atom stereocenters. The molecule has 0 aromatic carbocycles. The van der Waals surface area contributed by atoms with Crippen molar-refractivity contribution in [2.24, 2.45) is 0 Å². The van der Waals surface area contributed by atoms with E-state index >= 15 is 0 Å². The van der Waals surface area contributed by atoms with E-state index in [4.69, 9.17) is 0 Å². The summed E-state index contributed by atoms with van der Waals surface area (Å²) in [7, 11) is 0. The van der Waals surface area contributed by atoms with Crippen LogP contribution < -0.4 is 56.5 Å². The van der Waals surface area contributed by atoms with Crippen LogP contribution in [0.2, 0.25) is 0 Å². The van der Waals surface area contributed by atoms with Gasteiger partial charge >= 0.3 is 51.4 Å². The minimum absolute atomic E-state index is 0. The van der Waals surface area contributed by atoms with Gasteiger partial charge in [0.05, 0.1) is 0 Å². The number of rotatable bonds is 2. The summed E-state index contributed by atoms with van der Waals surface area (Å²) in [4.78, 5) is 0. The molecular weight excluding hydrogens is 127 g/mol. The first kappa shape index (κ1) is 12.3. The van der Waals surface area contributed by atoms with Crippen LogP contribution in [0.4, 0.5) is 0 Å². The van der Waals surface area contributed by atoms with Gasteiger partial charge < -0.3 is 5.11 Å². The van der Waals surface area contributed by atoms with Crippen molar-refractivity contribution < 1.29 is 56.5 Å². The van der Waals surface area contributed by atoms with E-state index in [2.05, 4.69) is 0 Å². The normalized spacial score (nSPS) is 10.5. The van der Waals surface area contributed by atoms with Gasteiger partial charge in [-0.2, -0.15) is 0 Å². The molecule has 0 radical (unpaired) electrons.